The molecule has 2 aromatic rings. The van der Waals surface area contributed by atoms with Gasteiger partial charge in [0.1, 0.15) is 5.82 Å². The molecular weight excluding hydrogens is 356 g/mol. The first kappa shape index (κ1) is 19.5. The highest BCUT2D eigenvalue weighted by atomic mass is 32.1. The number of terminal acetylenes is 1. The van der Waals surface area contributed by atoms with E-state index in [1.165, 1.54) is 42.4 Å². The fraction of sp³-hybridized carbons (Fsp3) is 0.500. The maximum Gasteiger partial charge on any atom is 0.185 e. The largest absolute Gasteiger partial charge is 0.390 e. The summed E-state index contributed by atoms with van der Waals surface area (Å²) in [6.07, 6.45) is 14.3. The standard InChI is InChI=1S/C18H26N6S.C2H2/c1-13-11-25-18(21-13)24-8-6-23(7-9-24)10-15-14-4-2-3-5-16(14)22-17(15)20-12-19;1-2/h11-12,22H,2-10H2,1H3,(H2,19,20);1-2H. The number of aliphatic imine (C=N–C) groups is 1. The molecule has 0 radical (unpaired) electrons. The van der Waals surface area contributed by atoms with E-state index in [0.29, 0.717) is 0 Å². The highest BCUT2D eigenvalue weighted by molar-refractivity contribution is 7.13. The average Bonchev–Trinajstić information content (AvgIpc) is 3.29. The lowest BCUT2D eigenvalue weighted by molar-refractivity contribution is 0.249. The Balaban J connectivity index is 0.00000102. The summed E-state index contributed by atoms with van der Waals surface area (Å²) in [6.45, 7) is 7.22. The van der Waals surface area contributed by atoms with Crippen molar-refractivity contribution in [3.8, 4) is 12.8 Å². The summed E-state index contributed by atoms with van der Waals surface area (Å²) in [4.78, 5) is 17.5. The molecule has 0 saturated carbocycles. The monoisotopic (exact) mass is 384 g/mol. The van der Waals surface area contributed by atoms with Crippen LogP contribution in [0.25, 0.3) is 0 Å². The SMILES string of the molecule is C#C.Cc1csc(N2CCN(Cc3c(/N=C\N)[nH]c4c3CCCC4)CC2)n1. The van der Waals surface area contributed by atoms with Crippen LogP contribution in [0, 0.1) is 19.8 Å². The molecule has 6 nitrogen and oxygen atoms in total. The van der Waals surface area contributed by atoms with Crippen LogP contribution in [0.3, 0.4) is 0 Å². The fourth-order valence-electron chi connectivity index (χ4n) is 3.90. The van der Waals surface area contributed by atoms with Gasteiger partial charge in [-0.2, -0.15) is 0 Å². The molecule has 1 fully saturated rings. The minimum atomic E-state index is 0.962. The van der Waals surface area contributed by atoms with E-state index in [1.807, 2.05) is 0 Å². The van der Waals surface area contributed by atoms with E-state index in [1.54, 1.807) is 11.3 Å². The first-order chi connectivity index (χ1) is 13.2. The van der Waals surface area contributed by atoms with Crippen molar-refractivity contribution in [3.63, 3.8) is 0 Å². The lowest BCUT2D eigenvalue weighted by atomic mass is 9.94. The predicted octanol–water partition coefficient (Wildman–Crippen LogP) is 2.85. The number of nitrogens with one attached hydrogen (secondary N) is 1. The van der Waals surface area contributed by atoms with Crippen LogP contribution in [-0.4, -0.2) is 47.4 Å². The van der Waals surface area contributed by atoms with Crippen molar-refractivity contribution in [1.29, 1.82) is 0 Å². The molecule has 144 valence electrons. The van der Waals surface area contributed by atoms with Crippen molar-refractivity contribution in [2.24, 2.45) is 10.7 Å². The van der Waals surface area contributed by atoms with Crippen LogP contribution >= 0.6 is 11.3 Å². The number of aromatic nitrogens is 2. The van der Waals surface area contributed by atoms with Crippen LogP contribution in [0.1, 0.15) is 35.4 Å². The average molecular weight is 385 g/mol. The van der Waals surface area contributed by atoms with Gasteiger partial charge in [-0.3, -0.25) is 4.90 Å². The number of nitrogens with zero attached hydrogens (tertiary/aromatic N) is 4. The van der Waals surface area contributed by atoms with Crippen LogP contribution in [0.15, 0.2) is 10.4 Å². The molecule has 0 amide bonds. The lowest BCUT2D eigenvalue weighted by Gasteiger charge is -2.34. The molecule has 1 aliphatic carbocycles. The van der Waals surface area contributed by atoms with Crippen LogP contribution in [0.4, 0.5) is 10.9 Å². The summed E-state index contributed by atoms with van der Waals surface area (Å²) in [5, 5.41) is 3.29. The molecule has 2 aliphatic rings. The third-order valence-corrected chi connectivity index (χ3v) is 6.24. The van der Waals surface area contributed by atoms with Gasteiger partial charge in [-0.15, -0.1) is 24.2 Å². The van der Waals surface area contributed by atoms with Crippen molar-refractivity contribution in [3.05, 3.63) is 27.9 Å². The number of nitrogens with two attached hydrogens (primary N) is 1. The number of H-pyrrole nitrogens is 1. The molecule has 1 saturated heterocycles. The Labute approximate surface area is 165 Å². The molecule has 4 rings (SSSR count). The first-order valence-electron chi connectivity index (χ1n) is 9.44. The smallest absolute Gasteiger partial charge is 0.185 e. The zero-order valence-electron chi connectivity index (χ0n) is 15.9. The molecule has 27 heavy (non-hydrogen) atoms. The summed E-state index contributed by atoms with van der Waals surface area (Å²) in [5.74, 6) is 0.965. The van der Waals surface area contributed by atoms with Gasteiger partial charge in [0.25, 0.3) is 0 Å². The Hall–Kier alpha value is -2.30. The van der Waals surface area contributed by atoms with E-state index in [0.717, 1.165) is 55.8 Å². The maximum atomic E-state index is 5.57. The minimum Gasteiger partial charge on any atom is -0.390 e. The zero-order valence-corrected chi connectivity index (χ0v) is 16.8. The number of rotatable bonds is 4. The number of piperazine rings is 1. The molecule has 7 heteroatoms. The van der Waals surface area contributed by atoms with Gasteiger partial charge >= 0.3 is 0 Å². The number of aromatic amines is 1. The van der Waals surface area contributed by atoms with Crippen molar-refractivity contribution >= 4 is 28.6 Å². The summed E-state index contributed by atoms with van der Waals surface area (Å²) in [5.41, 5.74) is 10.9. The van der Waals surface area contributed by atoms with E-state index in [9.17, 15) is 0 Å². The van der Waals surface area contributed by atoms with E-state index in [4.69, 9.17) is 5.73 Å². The second kappa shape index (κ2) is 9.07. The van der Waals surface area contributed by atoms with E-state index in [-0.39, 0.29) is 0 Å². The predicted molar refractivity (Wildman–Crippen MR) is 114 cm³/mol. The molecule has 0 spiro atoms. The normalized spacial score (nSPS) is 17.5. The highest BCUT2D eigenvalue weighted by Crippen LogP contribution is 2.33. The number of hydrogen-bond donors (Lipinski definition) is 2. The molecule has 0 atom stereocenters. The van der Waals surface area contributed by atoms with Gasteiger partial charge in [0.15, 0.2) is 5.13 Å². The molecule has 1 aliphatic heterocycles. The third-order valence-electron chi connectivity index (χ3n) is 5.22. The van der Waals surface area contributed by atoms with Crippen LogP contribution in [-0.2, 0) is 19.4 Å². The number of fused-ring (bicyclic) bond motifs is 1. The summed E-state index contributed by atoms with van der Waals surface area (Å²) in [7, 11) is 0. The fourth-order valence-corrected chi connectivity index (χ4v) is 4.76. The molecule has 0 aromatic carbocycles. The Morgan fingerprint density at radius 2 is 2.00 bits per heavy atom. The van der Waals surface area contributed by atoms with Crippen molar-refractivity contribution in [2.75, 3.05) is 31.1 Å². The molecule has 2 aromatic heterocycles. The van der Waals surface area contributed by atoms with Crippen LogP contribution in [0.2, 0.25) is 0 Å². The van der Waals surface area contributed by atoms with Gasteiger partial charge in [-0.1, -0.05) is 0 Å². The Morgan fingerprint density at radius 1 is 1.26 bits per heavy atom. The quantitative estimate of drug-likeness (QED) is 0.483. The topological polar surface area (TPSA) is 73.5 Å². The minimum absolute atomic E-state index is 0.962. The Morgan fingerprint density at radius 3 is 2.67 bits per heavy atom. The molecule has 3 heterocycles. The van der Waals surface area contributed by atoms with Gasteiger partial charge < -0.3 is 15.6 Å². The molecular formula is C20H28N6S. The summed E-state index contributed by atoms with van der Waals surface area (Å²) < 4.78 is 0. The highest BCUT2D eigenvalue weighted by Gasteiger charge is 2.24. The van der Waals surface area contributed by atoms with E-state index < -0.39 is 0 Å². The van der Waals surface area contributed by atoms with Gasteiger partial charge in [0, 0.05) is 49.4 Å². The molecule has 0 unspecified atom stereocenters. The maximum absolute atomic E-state index is 5.57. The number of aryl methyl sites for hydroxylation is 2. The second-order valence-electron chi connectivity index (χ2n) is 6.93. The third kappa shape index (κ3) is 4.34. The molecule has 3 N–H and O–H groups in total. The van der Waals surface area contributed by atoms with Gasteiger partial charge in [-0.25, -0.2) is 9.98 Å². The van der Waals surface area contributed by atoms with E-state index in [2.05, 4.69) is 49.9 Å². The zero-order chi connectivity index (χ0) is 19.2. The van der Waals surface area contributed by atoms with Gasteiger partial charge in [-0.05, 0) is 38.2 Å². The van der Waals surface area contributed by atoms with Crippen molar-refractivity contribution < 1.29 is 0 Å². The van der Waals surface area contributed by atoms with E-state index >= 15 is 0 Å². The van der Waals surface area contributed by atoms with Gasteiger partial charge in [0.2, 0.25) is 0 Å². The second-order valence-corrected chi connectivity index (χ2v) is 7.77. The number of thiazole rings is 1. The Bertz CT molecular complexity index is 795. The Kier molecular flexibility index (Phi) is 6.54. The van der Waals surface area contributed by atoms with Gasteiger partial charge in [0.05, 0.1) is 12.0 Å². The van der Waals surface area contributed by atoms with Crippen molar-refractivity contribution in [2.45, 2.75) is 39.2 Å². The first-order valence-corrected chi connectivity index (χ1v) is 10.3. The number of hydrogen-bond acceptors (Lipinski definition) is 5. The summed E-state index contributed by atoms with van der Waals surface area (Å²) in [6, 6.07) is 0. The number of anilines is 1. The van der Waals surface area contributed by atoms with Crippen LogP contribution < -0.4 is 10.6 Å². The van der Waals surface area contributed by atoms with Crippen LogP contribution in [0.5, 0.6) is 0 Å². The lowest BCUT2D eigenvalue weighted by Crippen LogP contribution is -2.46. The summed E-state index contributed by atoms with van der Waals surface area (Å²) >= 11 is 1.75. The molecule has 0 bridgehead atoms. The van der Waals surface area contributed by atoms with Crippen molar-refractivity contribution in [1.82, 2.24) is 14.9 Å².